The van der Waals surface area contributed by atoms with Crippen LogP contribution in [0.4, 0.5) is 0 Å². The standard InChI is InChI=1S/C18H19N5O3/c24-9-8-23-16(21-14-5-2-1-4-13(14)18(23)26)15-6-3-7-22(15)17(25)12-10-19-20-11-12/h1-2,4-5,10-11,15,24H,3,6-9H2,(H,19,20). The van der Waals surface area contributed by atoms with Crippen LogP contribution in [0.1, 0.15) is 35.1 Å². The number of carbonyl (C=O) groups excluding carboxylic acids is 1. The minimum Gasteiger partial charge on any atom is -0.395 e. The molecule has 0 saturated carbocycles. The summed E-state index contributed by atoms with van der Waals surface area (Å²) in [5, 5.41) is 16.4. The molecule has 0 radical (unpaired) electrons. The fourth-order valence-corrected chi connectivity index (χ4v) is 3.57. The zero-order valence-corrected chi connectivity index (χ0v) is 14.1. The van der Waals surface area contributed by atoms with Crippen LogP contribution in [0, 0.1) is 0 Å². The van der Waals surface area contributed by atoms with Gasteiger partial charge in [-0.05, 0) is 25.0 Å². The summed E-state index contributed by atoms with van der Waals surface area (Å²) in [5.74, 6) is 0.385. The van der Waals surface area contributed by atoms with Gasteiger partial charge in [0.15, 0.2) is 0 Å². The van der Waals surface area contributed by atoms with Crippen molar-refractivity contribution in [3.05, 3.63) is 58.4 Å². The molecule has 0 aliphatic carbocycles. The molecule has 0 spiro atoms. The number of benzene rings is 1. The minimum absolute atomic E-state index is 0.140. The molecule has 0 bridgehead atoms. The zero-order valence-electron chi connectivity index (χ0n) is 14.1. The van der Waals surface area contributed by atoms with Gasteiger partial charge in [-0.3, -0.25) is 19.3 Å². The van der Waals surface area contributed by atoms with Crippen molar-refractivity contribution in [2.75, 3.05) is 13.2 Å². The van der Waals surface area contributed by atoms with Crippen molar-refractivity contribution in [2.24, 2.45) is 0 Å². The first-order valence-corrected chi connectivity index (χ1v) is 8.61. The van der Waals surface area contributed by atoms with Gasteiger partial charge in [0.05, 0.1) is 41.9 Å². The third-order valence-electron chi connectivity index (χ3n) is 4.77. The molecule has 1 fully saturated rings. The van der Waals surface area contributed by atoms with Gasteiger partial charge in [0.25, 0.3) is 11.5 Å². The zero-order chi connectivity index (χ0) is 18.1. The predicted molar refractivity (Wildman–Crippen MR) is 94.7 cm³/mol. The molecule has 1 amide bonds. The molecule has 3 aromatic rings. The number of hydrogen-bond donors (Lipinski definition) is 2. The number of aliphatic hydroxyl groups excluding tert-OH is 1. The van der Waals surface area contributed by atoms with Crippen LogP contribution in [-0.4, -0.2) is 48.8 Å². The number of carbonyl (C=O) groups is 1. The van der Waals surface area contributed by atoms with Gasteiger partial charge in [-0.15, -0.1) is 0 Å². The summed E-state index contributed by atoms with van der Waals surface area (Å²) in [6.45, 7) is 0.571. The average molecular weight is 353 g/mol. The van der Waals surface area contributed by atoms with E-state index in [1.807, 2.05) is 6.07 Å². The van der Waals surface area contributed by atoms with E-state index in [0.717, 1.165) is 12.8 Å². The Bertz CT molecular complexity index is 996. The first-order valence-electron chi connectivity index (χ1n) is 8.61. The number of para-hydroxylation sites is 1. The quantitative estimate of drug-likeness (QED) is 0.731. The lowest BCUT2D eigenvalue weighted by Gasteiger charge is -2.26. The summed E-state index contributed by atoms with van der Waals surface area (Å²) < 4.78 is 1.49. The van der Waals surface area contributed by atoms with Gasteiger partial charge in [-0.1, -0.05) is 12.1 Å². The minimum atomic E-state index is -0.304. The van der Waals surface area contributed by atoms with Gasteiger partial charge < -0.3 is 10.0 Å². The predicted octanol–water partition coefficient (Wildman–Crippen LogP) is 1.09. The molecule has 1 unspecified atom stereocenters. The van der Waals surface area contributed by atoms with Crippen LogP contribution >= 0.6 is 0 Å². The van der Waals surface area contributed by atoms with Crippen molar-refractivity contribution >= 4 is 16.8 Å². The Balaban J connectivity index is 1.83. The summed E-state index contributed by atoms with van der Waals surface area (Å²) in [5.41, 5.74) is 0.889. The molecule has 134 valence electrons. The normalized spacial score (nSPS) is 17.1. The number of amides is 1. The molecule has 8 heteroatoms. The molecule has 1 saturated heterocycles. The van der Waals surface area contributed by atoms with E-state index in [1.165, 1.54) is 10.8 Å². The summed E-state index contributed by atoms with van der Waals surface area (Å²) in [6.07, 6.45) is 4.61. The van der Waals surface area contributed by atoms with Gasteiger partial charge in [-0.25, -0.2) is 4.98 Å². The van der Waals surface area contributed by atoms with Gasteiger partial charge >= 0.3 is 0 Å². The highest BCUT2D eigenvalue weighted by Gasteiger charge is 2.34. The van der Waals surface area contributed by atoms with Crippen LogP contribution in [0.15, 0.2) is 41.5 Å². The first-order chi connectivity index (χ1) is 12.7. The van der Waals surface area contributed by atoms with E-state index in [4.69, 9.17) is 0 Å². The second-order valence-corrected chi connectivity index (χ2v) is 6.31. The van der Waals surface area contributed by atoms with E-state index in [2.05, 4.69) is 15.2 Å². The highest BCUT2D eigenvalue weighted by molar-refractivity contribution is 5.94. The lowest BCUT2D eigenvalue weighted by Crippen LogP contribution is -2.36. The second kappa shape index (κ2) is 6.72. The molecule has 4 rings (SSSR count). The fraction of sp³-hybridized carbons (Fsp3) is 0.333. The van der Waals surface area contributed by atoms with E-state index >= 15 is 0 Å². The topological polar surface area (TPSA) is 104 Å². The largest absolute Gasteiger partial charge is 0.395 e. The van der Waals surface area contributed by atoms with E-state index in [9.17, 15) is 14.7 Å². The van der Waals surface area contributed by atoms with Crippen molar-refractivity contribution in [2.45, 2.75) is 25.4 Å². The second-order valence-electron chi connectivity index (χ2n) is 6.31. The van der Waals surface area contributed by atoms with E-state index in [-0.39, 0.29) is 30.7 Å². The van der Waals surface area contributed by atoms with Crippen LogP contribution in [-0.2, 0) is 6.54 Å². The number of H-pyrrole nitrogens is 1. The van der Waals surface area contributed by atoms with Gasteiger partial charge in [0.2, 0.25) is 0 Å². The molecular weight excluding hydrogens is 334 g/mol. The van der Waals surface area contributed by atoms with Crippen molar-refractivity contribution in [3.8, 4) is 0 Å². The molecule has 3 heterocycles. The smallest absolute Gasteiger partial charge is 0.261 e. The Hall–Kier alpha value is -3.00. The molecule has 2 aromatic heterocycles. The number of nitrogens with one attached hydrogen (secondary N) is 1. The van der Waals surface area contributed by atoms with Crippen LogP contribution in [0.2, 0.25) is 0 Å². The van der Waals surface area contributed by atoms with E-state index in [0.29, 0.717) is 28.8 Å². The maximum Gasteiger partial charge on any atom is 0.261 e. The highest BCUT2D eigenvalue weighted by Crippen LogP contribution is 2.32. The number of fused-ring (bicyclic) bond motifs is 1. The Kier molecular flexibility index (Phi) is 4.26. The lowest BCUT2D eigenvalue weighted by molar-refractivity contribution is 0.0726. The Labute approximate surface area is 149 Å². The molecule has 8 nitrogen and oxygen atoms in total. The fourth-order valence-electron chi connectivity index (χ4n) is 3.57. The molecule has 1 atom stereocenters. The number of aromatic nitrogens is 4. The Morgan fingerprint density at radius 3 is 2.96 bits per heavy atom. The van der Waals surface area contributed by atoms with Crippen LogP contribution in [0.25, 0.3) is 10.9 Å². The molecule has 1 aliphatic heterocycles. The maximum atomic E-state index is 12.9. The van der Waals surface area contributed by atoms with Crippen LogP contribution < -0.4 is 5.56 Å². The summed E-state index contributed by atoms with van der Waals surface area (Å²) >= 11 is 0. The molecule has 26 heavy (non-hydrogen) atoms. The third kappa shape index (κ3) is 2.68. The maximum absolute atomic E-state index is 12.9. The monoisotopic (exact) mass is 353 g/mol. The van der Waals surface area contributed by atoms with Crippen molar-refractivity contribution in [1.82, 2.24) is 24.6 Å². The molecule has 1 aromatic carbocycles. The summed E-state index contributed by atoms with van der Waals surface area (Å²) in [6, 6.07) is 6.84. The Morgan fingerprint density at radius 1 is 1.35 bits per heavy atom. The number of nitrogens with zero attached hydrogens (tertiary/aromatic N) is 4. The van der Waals surface area contributed by atoms with Crippen molar-refractivity contribution < 1.29 is 9.90 Å². The average Bonchev–Trinajstić information content (AvgIpc) is 3.35. The van der Waals surface area contributed by atoms with Crippen LogP contribution in [0.5, 0.6) is 0 Å². The van der Waals surface area contributed by atoms with Crippen molar-refractivity contribution in [1.29, 1.82) is 0 Å². The summed E-state index contributed by atoms with van der Waals surface area (Å²) in [7, 11) is 0. The number of aliphatic hydroxyl groups is 1. The van der Waals surface area contributed by atoms with E-state index in [1.54, 1.807) is 29.3 Å². The number of rotatable bonds is 4. The first kappa shape index (κ1) is 16.5. The lowest BCUT2D eigenvalue weighted by atomic mass is 10.1. The van der Waals surface area contributed by atoms with Gasteiger partial charge in [-0.2, -0.15) is 5.10 Å². The third-order valence-corrected chi connectivity index (χ3v) is 4.77. The summed E-state index contributed by atoms with van der Waals surface area (Å²) in [4.78, 5) is 32.1. The number of aromatic amines is 1. The van der Waals surface area contributed by atoms with Crippen molar-refractivity contribution in [3.63, 3.8) is 0 Å². The van der Waals surface area contributed by atoms with Gasteiger partial charge in [0.1, 0.15) is 5.82 Å². The number of hydrogen-bond acceptors (Lipinski definition) is 5. The molecule has 2 N–H and O–H groups in total. The molecule has 1 aliphatic rings. The highest BCUT2D eigenvalue weighted by atomic mass is 16.3. The number of likely N-dealkylation sites (tertiary alicyclic amines) is 1. The molecular formula is C18H19N5O3. The Morgan fingerprint density at radius 2 is 2.19 bits per heavy atom. The van der Waals surface area contributed by atoms with E-state index < -0.39 is 0 Å². The van der Waals surface area contributed by atoms with Crippen LogP contribution in [0.3, 0.4) is 0 Å². The SMILES string of the molecule is O=C(c1cn[nH]c1)N1CCCC1c1nc2ccccc2c(=O)n1CCO. The van der Waals surface area contributed by atoms with Gasteiger partial charge in [0, 0.05) is 12.7 Å².